The van der Waals surface area contributed by atoms with Crippen molar-refractivity contribution in [3.05, 3.63) is 23.9 Å². The maximum Gasteiger partial charge on any atom is 0.255 e. The number of nitrogens with zero attached hydrogens (tertiary/aromatic N) is 3. The Labute approximate surface area is 146 Å². The van der Waals surface area contributed by atoms with Crippen LogP contribution in [0.3, 0.4) is 0 Å². The number of aromatic nitrogens is 1. The molecule has 0 radical (unpaired) electrons. The predicted molar refractivity (Wildman–Crippen MR) is 92.9 cm³/mol. The highest BCUT2D eigenvalue weighted by atomic mass is 32.2. The van der Waals surface area contributed by atoms with E-state index in [1.165, 1.54) is 16.8 Å². The summed E-state index contributed by atoms with van der Waals surface area (Å²) in [5, 5.41) is 0. The number of amides is 1. The van der Waals surface area contributed by atoms with Crippen LogP contribution in [0.4, 0.5) is 0 Å². The number of carbonyl (C=O) groups is 1. The first-order chi connectivity index (χ1) is 11.4. The van der Waals surface area contributed by atoms with Gasteiger partial charge in [0.25, 0.3) is 5.91 Å². The molecule has 1 atom stereocenters. The van der Waals surface area contributed by atoms with Crippen molar-refractivity contribution in [1.29, 1.82) is 0 Å². The Balaban J connectivity index is 1.57. The summed E-state index contributed by atoms with van der Waals surface area (Å²) in [6.45, 7) is 1.45. The molecule has 0 spiro atoms. The summed E-state index contributed by atoms with van der Waals surface area (Å²) in [4.78, 5) is 18.4. The highest BCUT2D eigenvalue weighted by Gasteiger charge is 2.26. The van der Waals surface area contributed by atoms with Crippen LogP contribution in [0, 0.1) is 0 Å². The summed E-state index contributed by atoms with van der Waals surface area (Å²) in [6.07, 6.45) is 3.95. The Hall–Kier alpha value is -1.32. The molecule has 0 aliphatic carbocycles. The first-order valence-electron chi connectivity index (χ1n) is 7.88. The lowest BCUT2D eigenvalue weighted by atomic mass is 10.2. The van der Waals surface area contributed by atoms with E-state index in [-0.39, 0.29) is 12.0 Å². The number of ether oxygens (including phenoxy) is 1. The van der Waals surface area contributed by atoms with E-state index in [0.29, 0.717) is 37.6 Å². The van der Waals surface area contributed by atoms with Gasteiger partial charge in [0.15, 0.2) is 0 Å². The normalized spacial score (nSPS) is 22.5. The van der Waals surface area contributed by atoms with Crippen molar-refractivity contribution in [1.82, 2.24) is 14.2 Å². The molecular weight excluding hydrogens is 350 g/mol. The average Bonchev–Trinajstić information content (AvgIpc) is 3.07. The summed E-state index contributed by atoms with van der Waals surface area (Å²) in [5.74, 6) is 2.51. The number of thioether (sulfide) groups is 1. The molecule has 2 saturated heterocycles. The van der Waals surface area contributed by atoms with E-state index in [1.807, 2.05) is 11.8 Å². The first kappa shape index (κ1) is 17.5. The molecule has 2 aliphatic rings. The van der Waals surface area contributed by atoms with E-state index in [4.69, 9.17) is 4.74 Å². The minimum atomic E-state index is -3.19. The van der Waals surface area contributed by atoms with Gasteiger partial charge in [-0.05, 0) is 18.2 Å². The summed E-state index contributed by atoms with van der Waals surface area (Å²) < 4.78 is 30.2. The zero-order valence-corrected chi connectivity index (χ0v) is 15.2. The quantitative estimate of drug-likeness (QED) is 0.775. The lowest BCUT2D eigenvalue weighted by molar-refractivity contribution is 0.0697. The minimum Gasteiger partial charge on any atom is -0.473 e. The maximum absolute atomic E-state index is 12.5. The molecule has 3 rings (SSSR count). The largest absolute Gasteiger partial charge is 0.473 e. The third-order valence-electron chi connectivity index (χ3n) is 4.15. The molecule has 0 bridgehead atoms. The van der Waals surface area contributed by atoms with E-state index in [1.54, 1.807) is 17.0 Å². The molecule has 0 aromatic carbocycles. The molecule has 0 N–H and O–H groups in total. The molecule has 1 aromatic heterocycles. The van der Waals surface area contributed by atoms with Gasteiger partial charge in [0.1, 0.15) is 6.10 Å². The van der Waals surface area contributed by atoms with Gasteiger partial charge in [0.05, 0.1) is 11.8 Å². The molecule has 1 unspecified atom stereocenters. The van der Waals surface area contributed by atoms with Gasteiger partial charge in [-0.3, -0.25) is 4.79 Å². The van der Waals surface area contributed by atoms with Gasteiger partial charge >= 0.3 is 0 Å². The maximum atomic E-state index is 12.5. The molecule has 7 nitrogen and oxygen atoms in total. The minimum absolute atomic E-state index is 0.126. The van der Waals surface area contributed by atoms with Gasteiger partial charge < -0.3 is 9.64 Å². The van der Waals surface area contributed by atoms with Crippen LogP contribution >= 0.6 is 11.8 Å². The zero-order chi connectivity index (χ0) is 17.2. The van der Waals surface area contributed by atoms with E-state index >= 15 is 0 Å². The fourth-order valence-electron chi connectivity index (χ4n) is 2.76. The van der Waals surface area contributed by atoms with E-state index < -0.39 is 10.0 Å². The van der Waals surface area contributed by atoms with Crippen LogP contribution in [0.15, 0.2) is 18.3 Å². The predicted octanol–water partition coefficient (Wildman–Crippen LogP) is 0.683. The van der Waals surface area contributed by atoms with Crippen LogP contribution in [-0.2, 0) is 10.0 Å². The standard InChI is InChI=1S/C15H21N3O4S2/c1-24(20,21)18-7-5-17(6-8-18)15(19)12-2-3-14(16-10-12)22-13-4-9-23-11-13/h2-3,10,13H,4-9,11H2,1H3. The van der Waals surface area contributed by atoms with Crippen molar-refractivity contribution in [2.45, 2.75) is 12.5 Å². The van der Waals surface area contributed by atoms with Crippen molar-refractivity contribution in [3.63, 3.8) is 0 Å². The second-order valence-corrected chi connectivity index (χ2v) is 9.08. The lowest BCUT2D eigenvalue weighted by Crippen LogP contribution is -2.50. The Morgan fingerprint density at radius 3 is 2.58 bits per heavy atom. The Morgan fingerprint density at radius 2 is 2.04 bits per heavy atom. The highest BCUT2D eigenvalue weighted by molar-refractivity contribution is 7.99. The summed E-state index contributed by atoms with van der Waals surface area (Å²) >= 11 is 1.87. The third-order valence-corrected chi connectivity index (χ3v) is 6.59. The molecule has 0 saturated carbocycles. The second kappa shape index (κ2) is 7.28. The Bertz CT molecular complexity index is 679. The van der Waals surface area contributed by atoms with Gasteiger partial charge in [-0.1, -0.05) is 0 Å². The van der Waals surface area contributed by atoms with E-state index in [2.05, 4.69) is 4.98 Å². The van der Waals surface area contributed by atoms with Crippen molar-refractivity contribution in [2.75, 3.05) is 43.9 Å². The summed E-state index contributed by atoms with van der Waals surface area (Å²) in [6, 6.07) is 3.44. The number of rotatable bonds is 4. The molecule has 3 heterocycles. The average molecular weight is 371 g/mol. The van der Waals surface area contributed by atoms with Crippen molar-refractivity contribution in [2.24, 2.45) is 0 Å². The molecular formula is C15H21N3O4S2. The fourth-order valence-corrected chi connectivity index (χ4v) is 4.68. The van der Waals surface area contributed by atoms with Gasteiger partial charge in [-0.15, -0.1) is 0 Å². The number of piperazine rings is 1. The Kier molecular flexibility index (Phi) is 5.31. The third kappa shape index (κ3) is 4.20. The van der Waals surface area contributed by atoms with Gasteiger partial charge in [-0.2, -0.15) is 16.1 Å². The van der Waals surface area contributed by atoms with Crippen LogP contribution in [-0.4, -0.2) is 78.6 Å². The van der Waals surface area contributed by atoms with E-state index in [9.17, 15) is 13.2 Å². The van der Waals surface area contributed by atoms with Crippen LogP contribution in [0.25, 0.3) is 0 Å². The van der Waals surface area contributed by atoms with Crippen molar-refractivity contribution >= 4 is 27.7 Å². The number of carbonyl (C=O) groups excluding carboxylic acids is 1. The molecule has 1 amide bonds. The molecule has 2 fully saturated rings. The molecule has 132 valence electrons. The molecule has 1 aromatic rings. The Morgan fingerprint density at radius 1 is 1.29 bits per heavy atom. The molecule has 24 heavy (non-hydrogen) atoms. The van der Waals surface area contributed by atoms with Gasteiger partial charge in [0, 0.05) is 44.2 Å². The SMILES string of the molecule is CS(=O)(=O)N1CCN(C(=O)c2ccc(OC3CCSC3)nc2)CC1. The van der Waals surface area contributed by atoms with Gasteiger partial charge in [0.2, 0.25) is 15.9 Å². The summed E-state index contributed by atoms with van der Waals surface area (Å²) in [7, 11) is -3.19. The highest BCUT2D eigenvalue weighted by Crippen LogP contribution is 2.22. The van der Waals surface area contributed by atoms with Crippen LogP contribution in [0.5, 0.6) is 5.88 Å². The second-order valence-electron chi connectivity index (χ2n) is 5.94. The number of hydrogen-bond acceptors (Lipinski definition) is 6. The van der Waals surface area contributed by atoms with E-state index in [0.717, 1.165) is 17.9 Å². The lowest BCUT2D eigenvalue weighted by Gasteiger charge is -2.33. The number of hydrogen-bond donors (Lipinski definition) is 0. The fraction of sp³-hybridized carbons (Fsp3) is 0.600. The molecule has 2 aliphatic heterocycles. The smallest absolute Gasteiger partial charge is 0.255 e. The number of pyridine rings is 1. The molecule has 9 heteroatoms. The number of sulfonamides is 1. The summed E-state index contributed by atoms with van der Waals surface area (Å²) in [5.41, 5.74) is 0.496. The van der Waals surface area contributed by atoms with Gasteiger partial charge in [-0.25, -0.2) is 13.4 Å². The van der Waals surface area contributed by atoms with Crippen LogP contribution in [0.1, 0.15) is 16.8 Å². The zero-order valence-electron chi connectivity index (χ0n) is 13.6. The van der Waals surface area contributed by atoms with Crippen LogP contribution in [0.2, 0.25) is 0 Å². The first-order valence-corrected chi connectivity index (χ1v) is 10.9. The van der Waals surface area contributed by atoms with Crippen LogP contribution < -0.4 is 4.74 Å². The van der Waals surface area contributed by atoms with Crippen molar-refractivity contribution < 1.29 is 17.9 Å². The monoisotopic (exact) mass is 371 g/mol. The topological polar surface area (TPSA) is 79.8 Å². The van der Waals surface area contributed by atoms with Crippen molar-refractivity contribution in [3.8, 4) is 5.88 Å².